The molecule has 0 unspecified atom stereocenters. The molecule has 0 radical (unpaired) electrons. The second-order valence-electron chi connectivity index (χ2n) is 3.96. The highest BCUT2D eigenvalue weighted by Crippen LogP contribution is 2.18. The summed E-state index contributed by atoms with van der Waals surface area (Å²) in [5, 5.41) is 3.13. The molecule has 0 bridgehead atoms. The van der Waals surface area contributed by atoms with Gasteiger partial charge in [0.2, 0.25) is 0 Å². The van der Waals surface area contributed by atoms with E-state index in [0.29, 0.717) is 4.77 Å². The number of fused-ring (bicyclic) bond motifs is 1. The molecule has 1 aliphatic heterocycles. The Morgan fingerprint density at radius 3 is 3.13 bits per heavy atom. The quantitative estimate of drug-likeness (QED) is 0.731. The number of aromatic amines is 1. The zero-order valence-electron chi connectivity index (χ0n) is 9.13. The molecule has 1 aromatic rings. The third-order valence-electron chi connectivity index (χ3n) is 2.72. The molecular formula is C10H16N4S. The van der Waals surface area contributed by atoms with E-state index in [2.05, 4.69) is 27.2 Å². The van der Waals surface area contributed by atoms with Crippen molar-refractivity contribution in [1.29, 1.82) is 0 Å². The Bertz CT molecular complexity index is 412. The monoisotopic (exact) mass is 224 g/mol. The lowest BCUT2D eigenvalue weighted by molar-refractivity contribution is 0.307. The van der Waals surface area contributed by atoms with Gasteiger partial charge in [-0.2, -0.15) is 0 Å². The molecule has 0 fully saturated rings. The summed E-state index contributed by atoms with van der Waals surface area (Å²) in [4.78, 5) is 9.88. The maximum absolute atomic E-state index is 5.12. The summed E-state index contributed by atoms with van der Waals surface area (Å²) in [6, 6.07) is 0. The van der Waals surface area contributed by atoms with Gasteiger partial charge in [-0.05, 0) is 26.3 Å². The molecule has 4 nitrogen and oxygen atoms in total. The number of nitrogens with zero attached hydrogens (tertiary/aromatic N) is 2. The first kappa shape index (κ1) is 10.7. The molecule has 0 amide bonds. The van der Waals surface area contributed by atoms with Crippen molar-refractivity contribution < 1.29 is 0 Å². The van der Waals surface area contributed by atoms with Gasteiger partial charge in [-0.15, -0.1) is 0 Å². The molecule has 2 heterocycles. The standard InChI is InChI=1S/C10H16N4S/c1-11-5-9-7-6-14(2)4-3-8(7)12-10(15)13-9/h11H,3-6H2,1-2H3,(H,12,13,15). The maximum Gasteiger partial charge on any atom is 0.197 e. The molecule has 0 aromatic carbocycles. The van der Waals surface area contributed by atoms with Crippen LogP contribution in [0.4, 0.5) is 0 Å². The van der Waals surface area contributed by atoms with Gasteiger partial charge in [0, 0.05) is 37.3 Å². The Labute approximate surface area is 94.7 Å². The fourth-order valence-corrected chi connectivity index (χ4v) is 2.20. The number of aromatic nitrogens is 2. The number of nitrogens with one attached hydrogen (secondary N) is 2. The molecule has 2 rings (SSSR count). The normalized spacial score (nSPS) is 16.4. The fraction of sp³-hybridized carbons (Fsp3) is 0.600. The van der Waals surface area contributed by atoms with Crippen LogP contribution in [0.25, 0.3) is 0 Å². The average Bonchev–Trinajstić information content (AvgIpc) is 2.19. The van der Waals surface area contributed by atoms with Gasteiger partial charge in [-0.1, -0.05) is 0 Å². The van der Waals surface area contributed by atoms with E-state index in [-0.39, 0.29) is 0 Å². The Hall–Kier alpha value is -0.780. The van der Waals surface area contributed by atoms with Crippen LogP contribution < -0.4 is 5.32 Å². The van der Waals surface area contributed by atoms with E-state index in [4.69, 9.17) is 12.2 Å². The second kappa shape index (κ2) is 4.38. The molecule has 0 saturated carbocycles. The summed E-state index contributed by atoms with van der Waals surface area (Å²) < 4.78 is 0.601. The molecule has 15 heavy (non-hydrogen) atoms. The zero-order chi connectivity index (χ0) is 10.8. The second-order valence-corrected chi connectivity index (χ2v) is 4.35. The Balaban J connectivity index is 2.45. The largest absolute Gasteiger partial charge is 0.334 e. The van der Waals surface area contributed by atoms with Gasteiger partial charge in [0.15, 0.2) is 4.77 Å². The summed E-state index contributed by atoms with van der Waals surface area (Å²) >= 11 is 5.12. The van der Waals surface area contributed by atoms with Gasteiger partial charge >= 0.3 is 0 Å². The summed E-state index contributed by atoms with van der Waals surface area (Å²) in [7, 11) is 4.06. The van der Waals surface area contributed by atoms with Crippen LogP contribution in [0.2, 0.25) is 0 Å². The highest BCUT2D eigenvalue weighted by Gasteiger charge is 2.17. The zero-order valence-corrected chi connectivity index (χ0v) is 9.95. The van der Waals surface area contributed by atoms with Crippen LogP contribution in [0.1, 0.15) is 17.0 Å². The molecule has 0 saturated heterocycles. The van der Waals surface area contributed by atoms with Gasteiger partial charge in [0.25, 0.3) is 0 Å². The van der Waals surface area contributed by atoms with Crippen molar-refractivity contribution in [2.45, 2.75) is 19.5 Å². The molecule has 1 aromatic heterocycles. The minimum atomic E-state index is 0.601. The molecule has 0 spiro atoms. The number of likely N-dealkylation sites (N-methyl/N-ethyl adjacent to an activating group) is 1. The molecule has 0 aliphatic carbocycles. The van der Waals surface area contributed by atoms with Crippen molar-refractivity contribution in [2.75, 3.05) is 20.6 Å². The lowest BCUT2D eigenvalue weighted by atomic mass is 10.0. The van der Waals surface area contributed by atoms with Crippen molar-refractivity contribution in [1.82, 2.24) is 20.2 Å². The van der Waals surface area contributed by atoms with Crippen molar-refractivity contribution >= 4 is 12.2 Å². The fourth-order valence-electron chi connectivity index (χ4n) is 1.96. The van der Waals surface area contributed by atoms with E-state index in [1.807, 2.05) is 7.05 Å². The van der Waals surface area contributed by atoms with Crippen LogP contribution in [-0.2, 0) is 19.5 Å². The van der Waals surface area contributed by atoms with Crippen molar-refractivity contribution in [3.8, 4) is 0 Å². The van der Waals surface area contributed by atoms with Crippen LogP contribution in [0.5, 0.6) is 0 Å². The van der Waals surface area contributed by atoms with Gasteiger partial charge in [0.05, 0.1) is 5.69 Å². The Kier molecular flexibility index (Phi) is 3.14. The highest BCUT2D eigenvalue weighted by molar-refractivity contribution is 7.71. The summed E-state index contributed by atoms with van der Waals surface area (Å²) in [6.45, 7) is 2.83. The SMILES string of the molecule is CNCc1nc(=S)[nH]c2c1CN(C)CC2. The first-order valence-electron chi connectivity index (χ1n) is 5.15. The number of H-pyrrole nitrogens is 1. The molecule has 2 N–H and O–H groups in total. The van der Waals surface area contributed by atoms with Crippen molar-refractivity contribution in [3.63, 3.8) is 0 Å². The molecular weight excluding hydrogens is 208 g/mol. The van der Waals surface area contributed by atoms with E-state index in [0.717, 1.165) is 31.7 Å². The first-order chi connectivity index (χ1) is 7.20. The minimum Gasteiger partial charge on any atom is -0.334 e. The Morgan fingerprint density at radius 2 is 2.40 bits per heavy atom. The van der Waals surface area contributed by atoms with Crippen molar-refractivity contribution in [3.05, 3.63) is 21.7 Å². The topological polar surface area (TPSA) is 44.0 Å². The van der Waals surface area contributed by atoms with Gasteiger partial charge in [-0.25, -0.2) is 4.98 Å². The van der Waals surface area contributed by atoms with E-state index in [1.165, 1.54) is 11.3 Å². The smallest absolute Gasteiger partial charge is 0.197 e. The summed E-state index contributed by atoms with van der Waals surface area (Å²) in [5.41, 5.74) is 3.66. The minimum absolute atomic E-state index is 0.601. The number of hydrogen-bond acceptors (Lipinski definition) is 4. The molecule has 5 heteroatoms. The average molecular weight is 224 g/mol. The Morgan fingerprint density at radius 1 is 1.60 bits per heavy atom. The van der Waals surface area contributed by atoms with Crippen LogP contribution in [-0.4, -0.2) is 35.5 Å². The lowest BCUT2D eigenvalue weighted by Gasteiger charge is -2.26. The number of rotatable bonds is 2. The van der Waals surface area contributed by atoms with Crippen molar-refractivity contribution in [2.24, 2.45) is 0 Å². The highest BCUT2D eigenvalue weighted by atomic mass is 32.1. The predicted molar refractivity (Wildman–Crippen MR) is 62.2 cm³/mol. The maximum atomic E-state index is 5.12. The third kappa shape index (κ3) is 2.25. The van der Waals surface area contributed by atoms with E-state index >= 15 is 0 Å². The van der Waals surface area contributed by atoms with Crippen LogP contribution >= 0.6 is 12.2 Å². The first-order valence-corrected chi connectivity index (χ1v) is 5.55. The van der Waals surface area contributed by atoms with Crippen LogP contribution in [0.3, 0.4) is 0 Å². The third-order valence-corrected chi connectivity index (χ3v) is 2.92. The van der Waals surface area contributed by atoms with Gasteiger partial charge in [0.1, 0.15) is 0 Å². The molecule has 82 valence electrons. The summed E-state index contributed by atoms with van der Waals surface area (Å²) in [6.07, 6.45) is 1.04. The summed E-state index contributed by atoms with van der Waals surface area (Å²) in [5.74, 6) is 0. The predicted octanol–water partition coefficient (Wildman–Crippen LogP) is 0.846. The van der Waals surface area contributed by atoms with Gasteiger partial charge < -0.3 is 15.2 Å². The molecule has 0 atom stereocenters. The van der Waals surface area contributed by atoms with E-state index in [9.17, 15) is 0 Å². The van der Waals surface area contributed by atoms with E-state index < -0.39 is 0 Å². The van der Waals surface area contributed by atoms with Crippen LogP contribution in [0, 0.1) is 4.77 Å². The van der Waals surface area contributed by atoms with E-state index in [1.54, 1.807) is 0 Å². The molecule has 1 aliphatic rings. The number of hydrogen-bond donors (Lipinski definition) is 2. The van der Waals surface area contributed by atoms with Crippen LogP contribution in [0.15, 0.2) is 0 Å². The van der Waals surface area contributed by atoms with Gasteiger partial charge in [-0.3, -0.25) is 0 Å². The lowest BCUT2D eigenvalue weighted by Crippen LogP contribution is -2.29.